The van der Waals surface area contributed by atoms with Gasteiger partial charge in [-0.05, 0) is 53.3 Å². The van der Waals surface area contributed by atoms with E-state index in [0.717, 1.165) is 23.2 Å². The number of ether oxygens (including phenoxy) is 1. The van der Waals surface area contributed by atoms with Gasteiger partial charge in [0.05, 0.1) is 6.04 Å². The number of fused-ring (bicyclic) bond motifs is 1. The molecule has 1 N–H and O–H groups in total. The lowest BCUT2D eigenvalue weighted by Crippen LogP contribution is -2.41. The van der Waals surface area contributed by atoms with Gasteiger partial charge in [-0.1, -0.05) is 56.3 Å². The third-order valence-corrected chi connectivity index (χ3v) is 6.16. The third-order valence-electron chi connectivity index (χ3n) is 6.16. The molecule has 2 amide bonds. The number of amides is 2. The lowest BCUT2D eigenvalue weighted by atomic mass is 9.87. The first kappa shape index (κ1) is 24.5. The smallest absolute Gasteiger partial charge is 0.257 e. The molecule has 1 aromatic heterocycles. The largest absolute Gasteiger partial charge is 0.484 e. The first-order chi connectivity index (χ1) is 17.0. The summed E-state index contributed by atoms with van der Waals surface area (Å²) in [6.07, 6.45) is 3.74. The molecular formula is C29H33N3O3. The van der Waals surface area contributed by atoms with E-state index < -0.39 is 0 Å². The maximum absolute atomic E-state index is 13.1. The van der Waals surface area contributed by atoms with Crippen LogP contribution in [0.1, 0.15) is 48.7 Å². The highest BCUT2D eigenvalue weighted by Gasteiger charge is 2.32. The van der Waals surface area contributed by atoms with Crippen molar-refractivity contribution in [2.24, 2.45) is 5.92 Å². The van der Waals surface area contributed by atoms with Gasteiger partial charge in [0.15, 0.2) is 6.61 Å². The predicted molar refractivity (Wildman–Crippen MR) is 136 cm³/mol. The van der Waals surface area contributed by atoms with Gasteiger partial charge < -0.3 is 15.0 Å². The van der Waals surface area contributed by atoms with Gasteiger partial charge in [-0.25, -0.2) is 0 Å². The Morgan fingerprint density at radius 2 is 1.89 bits per heavy atom. The van der Waals surface area contributed by atoms with Crippen LogP contribution in [0.4, 0.5) is 0 Å². The quantitative estimate of drug-likeness (QED) is 0.504. The number of benzene rings is 2. The molecule has 0 saturated carbocycles. The van der Waals surface area contributed by atoms with E-state index in [4.69, 9.17) is 4.74 Å². The summed E-state index contributed by atoms with van der Waals surface area (Å²) in [5, 5.41) is 2.88. The van der Waals surface area contributed by atoms with Crippen LogP contribution in [0, 0.1) is 5.92 Å². The minimum atomic E-state index is -0.174. The second-order valence-electron chi connectivity index (χ2n) is 9.32. The third kappa shape index (κ3) is 6.47. The highest BCUT2D eigenvalue weighted by molar-refractivity contribution is 5.78. The predicted octanol–water partition coefficient (Wildman–Crippen LogP) is 4.34. The summed E-state index contributed by atoms with van der Waals surface area (Å²) < 4.78 is 5.85. The topological polar surface area (TPSA) is 71.5 Å². The minimum Gasteiger partial charge on any atom is -0.484 e. The Morgan fingerprint density at radius 3 is 2.63 bits per heavy atom. The van der Waals surface area contributed by atoms with Crippen LogP contribution in [0.15, 0.2) is 72.9 Å². The summed E-state index contributed by atoms with van der Waals surface area (Å²) in [5.74, 6) is 0.916. The number of carbonyl (C=O) groups excluding carboxylic acids is 2. The second-order valence-corrected chi connectivity index (χ2v) is 9.32. The molecule has 35 heavy (non-hydrogen) atoms. The second kappa shape index (κ2) is 11.6. The van der Waals surface area contributed by atoms with Crippen LogP contribution < -0.4 is 10.1 Å². The molecule has 6 nitrogen and oxygen atoms in total. The number of pyridine rings is 1. The molecule has 2 heterocycles. The van der Waals surface area contributed by atoms with E-state index in [-0.39, 0.29) is 24.5 Å². The SMILES string of the molecule is CC(C)CC(=O)N1CCc2ccc(OCC(=O)NCCc3ccccn3)cc2C1c1ccccc1. The van der Waals surface area contributed by atoms with Crippen molar-refractivity contribution in [3.63, 3.8) is 0 Å². The molecule has 1 aliphatic rings. The molecule has 0 bridgehead atoms. The lowest BCUT2D eigenvalue weighted by molar-refractivity contribution is -0.134. The van der Waals surface area contributed by atoms with Gasteiger partial charge in [-0.3, -0.25) is 14.6 Å². The Kier molecular flexibility index (Phi) is 8.14. The normalized spacial score (nSPS) is 14.9. The number of nitrogens with one attached hydrogen (secondary N) is 1. The number of carbonyl (C=O) groups is 2. The summed E-state index contributed by atoms with van der Waals surface area (Å²) in [6, 6.07) is 21.7. The summed E-state index contributed by atoms with van der Waals surface area (Å²) in [5.41, 5.74) is 4.29. The number of aromatic nitrogens is 1. The van der Waals surface area contributed by atoms with Gasteiger partial charge in [0.1, 0.15) is 5.75 Å². The molecule has 182 valence electrons. The Hall–Kier alpha value is -3.67. The van der Waals surface area contributed by atoms with E-state index in [2.05, 4.69) is 42.3 Å². The van der Waals surface area contributed by atoms with Crippen molar-refractivity contribution in [2.45, 2.75) is 39.2 Å². The molecule has 1 unspecified atom stereocenters. The summed E-state index contributed by atoms with van der Waals surface area (Å²) >= 11 is 0. The number of hydrogen-bond donors (Lipinski definition) is 1. The number of rotatable bonds is 9. The zero-order valence-electron chi connectivity index (χ0n) is 20.4. The van der Waals surface area contributed by atoms with Crippen LogP contribution in [0.25, 0.3) is 0 Å². The van der Waals surface area contributed by atoms with Gasteiger partial charge in [0.25, 0.3) is 5.91 Å². The van der Waals surface area contributed by atoms with Crippen LogP contribution in [-0.4, -0.2) is 41.4 Å². The van der Waals surface area contributed by atoms with Gasteiger partial charge in [0.2, 0.25) is 5.91 Å². The van der Waals surface area contributed by atoms with Crippen molar-refractivity contribution in [3.8, 4) is 5.75 Å². The summed E-state index contributed by atoms with van der Waals surface area (Å²) in [6.45, 7) is 5.28. The minimum absolute atomic E-state index is 0.0625. The summed E-state index contributed by atoms with van der Waals surface area (Å²) in [7, 11) is 0. The Bertz CT molecular complexity index is 1130. The van der Waals surface area contributed by atoms with Crippen molar-refractivity contribution in [2.75, 3.05) is 19.7 Å². The molecule has 0 spiro atoms. The molecule has 3 aromatic rings. The van der Waals surface area contributed by atoms with Crippen molar-refractivity contribution >= 4 is 11.8 Å². The van der Waals surface area contributed by atoms with Crippen LogP contribution in [0.3, 0.4) is 0 Å². The highest BCUT2D eigenvalue weighted by Crippen LogP contribution is 2.37. The average molecular weight is 472 g/mol. The molecule has 4 rings (SSSR count). The molecule has 6 heteroatoms. The monoisotopic (exact) mass is 471 g/mol. The van der Waals surface area contributed by atoms with Crippen LogP contribution in [0.5, 0.6) is 5.75 Å². The van der Waals surface area contributed by atoms with E-state index in [0.29, 0.717) is 37.6 Å². The summed E-state index contributed by atoms with van der Waals surface area (Å²) in [4.78, 5) is 31.7. The van der Waals surface area contributed by atoms with E-state index in [9.17, 15) is 9.59 Å². The Morgan fingerprint density at radius 1 is 1.09 bits per heavy atom. The number of nitrogens with zero attached hydrogens (tertiary/aromatic N) is 2. The average Bonchev–Trinajstić information content (AvgIpc) is 2.87. The number of hydrogen-bond acceptors (Lipinski definition) is 4. The maximum atomic E-state index is 13.1. The molecule has 0 fully saturated rings. The first-order valence-electron chi connectivity index (χ1n) is 12.3. The molecular weight excluding hydrogens is 438 g/mol. The lowest BCUT2D eigenvalue weighted by Gasteiger charge is -2.38. The van der Waals surface area contributed by atoms with Gasteiger partial charge in [-0.2, -0.15) is 0 Å². The van der Waals surface area contributed by atoms with Gasteiger partial charge >= 0.3 is 0 Å². The van der Waals surface area contributed by atoms with Crippen molar-refractivity contribution < 1.29 is 14.3 Å². The first-order valence-corrected chi connectivity index (χ1v) is 12.3. The molecule has 2 aromatic carbocycles. The Balaban J connectivity index is 1.45. The maximum Gasteiger partial charge on any atom is 0.257 e. The fourth-order valence-electron chi connectivity index (χ4n) is 4.49. The van der Waals surface area contributed by atoms with Crippen LogP contribution >= 0.6 is 0 Å². The molecule has 1 atom stereocenters. The molecule has 1 aliphatic heterocycles. The standard InChI is InChI=1S/C29H33N3O3/c1-21(2)18-28(34)32-17-14-22-11-12-25(19-26(22)29(32)23-8-4-3-5-9-23)35-20-27(33)31-16-13-24-10-6-7-15-30-24/h3-12,15,19,21,29H,13-14,16-18,20H2,1-2H3,(H,31,33). The molecule has 0 radical (unpaired) electrons. The van der Waals surface area contributed by atoms with E-state index in [1.165, 1.54) is 5.56 Å². The Labute approximate surface area is 207 Å². The van der Waals surface area contributed by atoms with Gasteiger partial charge in [-0.15, -0.1) is 0 Å². The van der Waals surface area contributed by atoms with Crippen molar-refractivity contribution in [3.05, 3.63) is 95.3 Å². The fourth-order valence-corrected chi connectivity index (χ4v) is 4.49. The molecule has 0 saturated heterocycles. The van der Waals surface area contributed by atoms with Gasteiger partial charge in [0, 0.05) is 37.8 Å². The van der Waals surface area contributed by atoms with Crippen molar-refractivity contribution in [1.29, 1.82) is 0 Å². The zero-order chi connectivity index (χ0) is 24.6. The van der Waals surface area contributed by atoms with Crippen LogP contribution in [0.2, 0.25) is 0 Å². The molecule has 0 aliphatic carbocycles. The van der Waals surface area contributed by atoms with Crippen LogP contribution in [-0.2, 0) is 22.4 Å². The van der Waals surface area contributed by atoms with Crippen molar-refractivity contribution in [1.82, 2.24) is 15.2 Å². The van der Waals surface area contributed by atoms with E-state index in [1.54, 1.807) is 6.20 Å². The van der Waals surface area contributed by atoms with E-state index in [1.807, 2.05) is 53.4 Å². The highest BCUT2D eigenvalue weighted by atomic mass is 16.5. The zero-order valence-corrected chi connectivity index (χ0v) is 20.4. The fraction of sp³-hybridized carbons (Fsp3) is 0.345. The van der Waals surface area contributed by atoms with E-state index >= 15 is 0 Å².